The number of rotatable bonds is 20. The van der Waals surface area contributed by atoms with Crippen LogP contribution in [0.1, 0.15) is 129 Å². The van der Waals surface area contributed by atoms with Crippen molar-refractivity contribution in [3.8, 4) is 5.75 Å². The maximum absolute atomic E-state index is 11.3. The molecule has 34 heavy (non-hydrogen) atoms. The molecule has 0 spiro atoms. The van der Waals surface area contributed by atoms with Gasteiger partial charge in [-0.1, -0.05) is 97.0 Å². The topological polar surface area (TPSA) is 66.4 Å². The van der Waals surface area contributed by atoms with Crippen LogP contribution in [0.5, 0.6) is 5.75 Å². The predicted octanol–water partition coefficient (Wildman–Crippen LogP) is 4.98. The van der Waals surface area contributed by atoms with E-state index in [4.69, 9.17) is 4.74 Å². The molecule has 1 aromatic rings. The molecule has 0 saturated carbocycles. The first-order valence-corrected chi connectivity index (χ1v) is 15.0. The summed E-state index contributed by atoms with van der Waals surface area (Å²) in [5, 5.41) is -1.07. The van der Waals surface area contributed by atoms with E-state index in [1.807, 2.05) is 6.07 Å². The molecule has 2 unspecified atom stereocenters. The SMILES string of the molecule is CCCCCCCCCc1ccc(OC(C)C(C)S(=O)(=O)[O-])cc1CCCCCCCCC.[Na+]. The minimum Gasteiger partial charge on any atom is -0.748 e. The van der Waals surface area contributed by atoms with Crippen LogP contribution in [0.25, 0.3) is 0 Å². The first-order valence-electron chi connectivity index (χ1n) is 13.5. The molecule has 0 N–H and O–H groups in total. The van der Waals surface area contributed by atoms with Crippen molar-refractivity contribution in [3.05, 3.63) is 29.3 Å². The normalized spacial score (nSPS) is 13.3. The van der Waals surface area contributed by atoms with Crippen LogP contribution in [-0.2, 0) is 23.0 Å². The van der Waals surface area contributed by atoms with Crippen LogP contribution < -0.4 is 34.3 Å². The Morgan fingerprint density at radius 1 is 0.735 bits per heavy atom. The van der Waals surface area contributed by atoms with Crippen molar-refractivity contribution in [2.75, 3.05) is 0 Å². The van der Waals surface area contributed by atoms with Gasteiger partial charge in [-0.25, -0.2) is 8.42 Å². The van der Waals surface area contributed by atoms with Gasteiger partial charge in [0.15, 0.2) is 0 Å². The summed E-state index contributed by atoms with van der Waals surface area (Å²) in [6, 6.07) is 6.16. The van der Waals surface area contributed by atoms with E-state index in [0.717, 1.165) is 12.8 Å². The van der Waals surface area contributed by atoms with Crippen LogP contribution in [0.2, 0.25) is 0 Å². The fourth-order valence-electron chi connectivity index (χ4n) is 4.24. The minimum atomic E-state index is -4.37. The Balaban J connectivity index is 0.0000109. The number of hydrogen-bond donors (Lipinski definition) is 0. The summed E-state index contributed by atoms with van der Waals surface area (Å²) in [4.78, 5) is 0. The second-order valence-electron chi connectivity index (χ2n) is 9.69. The van der Waals surface area contributed by atoms with Crippen molar-refractivity contribution < 1.29 is 47.3 Å². The van der Waals surface area contributed by atoms with Crippen LogP contribution in [0, 0.1) is 0 Å². The van der Waals surface area contributed by atoms with E-state index >= 15 is 0 Å². The summed E-state index contributed by atoms with van der Waals surface area (Å²) in [7, 11) is -4.37. The predicted molar refractivity (Wildman–Crippen MR) is 139 cm³/mol. The molecule has 0 radical (unpaired) electrons. The van der Waals surface area contributed by atoms with E-state index in [0.29, 0.717) is 5.75 Å². The maximum Gasteiger partial charge on any atom is 1.00 e. The van der Waals surface area contributed by atoms with Crippen molar-refractivity contribution in [2.45, 2.75) is 142 Å². The summed E-state index contributed by atoms with van der Waals surface area (Å²) in [5.41, 5.74) is 2.70. The van der Waals surface area contributed by atoms with Crippen LogP contribution in [0.4, 0.5) is 0 Å². The average molecular weight is 505 g/mol. The van der Waals surface area contributed by atoms with E-state index in [2.05, 4.69) is 26.0 Å². The Labute approximate surface area is 233 Å². The largest absolute Gasteiger partial charge is 1.00 e. The van der Waals surface area contributed by atoms with Gasteiger partial charge in [0.1, 0.15) is 22.0 Å². The average Bonchev–Trinajstić information content (AvgIpc) is 2.77. The molecule has 2 atom stereocenters. The van der Waals surface area contributed by atoms with Gasteiger partial charge in [0.2, 0.25) is 0 Å². The molecule has 0 aliphatic heterocycles. The van der Waals surface area contributed by atoms with E-state index in [9.17, 15) is 13.0 Å². The molecule has 0 amide bonds. The molecular weight excluding hydrogens is 455 g/mol. The number of aryl methyl sites for hydroxylation is 2. The van der Waals surface area contributed by atoms with Crippen LogP contribution in [0.3, 0.4) is 0 Å². The molecule has 0 heterocycles. The quantitative estimate of drug-likeness (QED) is 0.143. The summed E-state index contributed by atoms with van der Waals surface area (Å²) in [6.45, 7) is 7.57. The van der Waals surface area contributed by atoms with Gasteiger partial charge in [-0.15, -0.1) is 0 Å². The second-order valence-corrected chi connectivity index (χ2v) is 11.4. The number of benzene rings is 1. The summed E-state index contributed by atoms with van der Waals surface area (Å²) in [6.07, 6.45) is 19.5. The zero-order valence-electron chi connectivity index (χ0n) is 22.7. The fraction of sp³-hybridized carbons (Fsp3) is 0.786. The summed E-state index contributed by atoms with van der Waals surface area (Å²) >= 11 is 0. The molecule has 1 aromatic carbocycles. The Kier molecular flexibility index (Phi) is 20.0. The van der Waals surface area contributed by atoms with Crippen molar-refractivity contribution >= 4 is 10.1 Å². The molecular formula is C28H49NaO4S. The van der Waals surface area contributed by atoms with Crippen molar-refractivity contribution in [3.63, 3.8) is 0 Å². The number of unbranched alkanes of at least 4 members (excludes halogenated alkanes) is 12. The third-order valence-electron chi connectivity index (χ3n) is 6.72. The monoisotopic (exact) mass is 504 g/mol. The Bertz CT molecular complexity index is 736. The first kappa shape index (κ1) is 33.9. The molecule has 192 valence electrons. The first-order chi connectivity index (χ1) is 15.8. The Morgan fingerprint density at radius 3 is 1.65 bits per heavy atom. The van der Waals surface area contributed by atoms with Crippen molar-refractivity contribution in [1.82, 2.24) is 0 Å². The second kappa shape index (κ2) is 20.0. The summed E-state index contributed by atoms with van der Waals surface area (Å²) < 4.78 is 39.9. The molecule has 0 aromatic heterocycles. The van der Waals surface area contributed by atoms with Gasteiger partial charge in [-0.2, -0.15) is 0 Å². The third kappa shape index (κ3) is 15.1. The zero-order valence-corrected chi connectivity index (χ0v) is 25.6. The van der Waals surface area contributed by atoms with E-state index < -0.39 is 21.5 Å². The summed E-state index contributed by atoms with van der Waals surface area (Å²) in [5.74, 6) is 0.666. The van der Waals surface area contributed by atoms with E-state index in [-0.39, 0.29) is 29.6 Å². The van der Waals surface area contributed by atoms with Gasteiger partial charge >= 0.3 is 29.6 Å². The molecule has 6 heteroatoms. The van der Waals surface area contributed by atoms with E-state index in [1.165, 1.54) is 108 Å². The van der Waals surface area contributed by atoms with Gasteiger partial charge in [0, 0.05) is 0 Å². The zero-order chi connectivity index (χ0) is 24.5. The van der Waals surface area contributed by atoms with Gasteiger partial charge < -0.3 is 9.29 Å². The molecule has 0 saturated heterocycles. The van der Waals surface area contributed by atoms with Crippen molar-refractivity contribution in [1.29, 1.82) is 0 Å². The van der Waals surface area contributed by atoms with Gasteiger partial charge in [-0.3, -0.25) is 0 Å². The van der Waals surface area contributed by atoms with Gasteiger partial charge in [0.05, 0.1) is 5.25 Å². The maximum atomic E-state index is 11.3. The smallest absolute Gasteiger partial charge is 0.748 e. The molecule has 0 aliphatic carbocycles. The minimum absolute atomic E-state index is 0. The molecule has 4 nitrogen and oxygen atoms in total. The molecule has 0 aliphatic rings. The number of ether oxygens (including phenoxy) is 1. The number of hydrogen-bond acceptors (Lipinski definition) is 4. The van der Waals surface area contributed by atoms with E-state index in [1.54, 1.807) is 6.92 Å². The van der Waals surface area contributed by atoms with Crippen LogP contribution in [0.15, 0.2) is 18.2 Å². The Morgan fingerprint density at radius 2 is 1.18 bits per heavy atom. The van der Waals surface area contributed by atoms with Gasteiger partial charge in [0.25, 0.3) is 0 Å². The Hall–Kier alpha value is -0.0700. The van der Waals surface area contributed by atoms with Crippen LogP contribution in [-0.4, -0.2) is 24.3 Å². The van der Waals surface area contributed by atoms with Gasteiger partial charge in [-0.05, 0) is 62.8 Å². The standard InChI is InChI=1S/C28H50O4S.Na/c1-5-7-9-11-13-15-17-19-26-21-22-28(32-24(3)25(4)33(29,30)31)23-27(26)20-18-16-14-12-10-8-6-2;/h21-25H,5-20H2,1-4H3,(H,29,30,31);/q;+1/p-1. The third-order valence-corrected chi connectivity index (χ3v) is 8.01. The van der Waals surface area contributed by atoms with Crippen LogP contribution >= 0.6 is 0 Å². The molecule has 0 bridgehead atoms. The fourth-order valence-corrected chi connectivity index (χ4v) is 4.77. The molecule has 1 rings (SSSR count). The van der Waals surface area contributed by atoms with Crippen molar-refractivity contribution in [2.24, 2.45) is 0 Å². The molecule has 0 fully saturated rings.